The maximum Gasteiger partial charge on any atom is 0.224 e. The zero-order chi connectivity index (χ0) is 13.7. The molecule has 0 bridgehead atoms. The fraction of sp³-hybridized carbons (Fsp3) is 0.533. The van der Waals surface area contributed by atoms with Gasteiger partial charge in [0.25, 0.3) is 0 Å². The highest BCUT2D eigenvalue weighted by molar-refractivity contribution is 6.32. The maximum atomic E-state index is 12.0. The van der Waals surface area contributed by atoms with Gasteiger partial charge in [-0.1, -0.05) is 43.4 Å². The number of benzene rings is 1. The van der Waals surface area contributed by atoms with Gasteiger partial charge < -0.3 is 10.4 Å². The lowest BCUT2D eigenvalue weighted by Gasteiger charge is -2.16. The highest BCUT2D eigenvalue weighted by Crippen LogP contribution is 2.24. The Morgan fingerprint density at radius 1 is 1.26 bits per heavy atom. The summed E-state index contributed by atoms with van der Waals surface area (Å²) in [5.41, 5.74) is 0.828. The molecular formula is C15H20ClNO2. The van der Waals surface area contributed by atoms with Crippen molar-refractivity contribution in [2.45, 2.75) is 51.0 Å². The molecule has 0 aromatic heterocycles. The van der Waals surface area contributed by atoms with Crippen molar-refractivity contribution in [3.63, 3.8) is 0 Å². The third kappa shape index (κ3) is 4.43. The van der Waals surface area contributed by atoms with Gasteiger partial charge in [-0.05, 0) is 30.5 Å². The SMILES string of the molecule is O=C(Cc1ccc(O)c(Cl)c1)NC1CCCCCC1. The van der Waals surface area contributed by atoms with Gasteiger partial charge in [0.15, 0.2) is 0 Å². The number of hydrogen-bond acceptors (Lipinski definition) is 2. The number of phenolic OH excluding ortho intramolecular Hbond substituents is 1. The van der Waals surface area contributed by atoms with Gasteiger partial charge in [-0.25, -0.2) is 0 Å². The first kappa shape index (κ1) is 14.2. The number of carbonyl (C=O) groups excluding carboxylic acids is 1. The Labute approximate surface area is 119 Å². The Morgan fingerprint density at radius 2 is 1.95 bits per heavy atom. The molecule has 0 heterocycles. The van der Waals surface area contributed by atoms with Gasteiger partial charge in [0.05, 0.1) is 11.4 Å². The maximum absolute atomic E-state index is 12.0. The van der Waals surface area contributed by atoms with E-state index in [9.17, 15) is 9.90 Å². The number of rotatable bonds is 3. The second-order valence-corrected chi connectivity index (χ2v) is 5.63. The zero-order valence-corrected chi connectivity index (χ0v) is 11.7. The summed E-state index contributed by atoms with van der Waals surface area (Å²) in [5, 5.41) is 12.7. The van der Waals surface area contributed by atoms with E-state index < -0.39 is 0 Å². The molecule has 1 aromatic carbocycles. The standard InChI is InChI=1S/C15H20ClNO2/c16-13-9-11(7-8-14(13)18)10-15(19)17-12-5-3-1-2-4-6-12/h7-9,12,18H,1-6,10H2,(H,17,19). The Morgan fingerprint density at radius 3 is 2.58 bits per heavy atom. The fourth-order valence-corrected chi connectivity index (χ4v) is 2.75. The van der Waals surface area contributed by atoms with E-state index in [0.717, 1.165) is 18.4 Å². The molecule has 1 aliphatic carbocycles. The van der Waals surface area contributed by atoms with Gasteiger partial charge in [-0.15, -0.1) is 0 Å². The second-order valence-electron chi connectivity index (χ2n) is 5.22. The van der Waals surface area contributed by atoms with Crippen LogP contribution in [0.4, 0.5) is 0 Å². The van der Waals surface area contributed by atoms with Crippen molar-refractivity contribution in [1.29, 1.82) is 0 Å². The first-order valence-electron chi connectivity index (χ1n) is 6.92. The van der Waals surface area contributed by atoms with Crippen LogP contribution in [0.1, 0.15) is 44.1 Å². The molecule has 0 unspecified atom stereocenters. The van der Waals surface area contributed by atoms with Gasteiger partial charge in [0.2, 0.25) is 5.91 Å². The molecule has 3 nitrogen and oxygen atoms in total. The van der Waals surface area contributed by atoms with Crippen LogP contribution in [0.25, 0.3) is 0 Å². The van der Waals surface area contributed by atoms with E-state index in [1.807, 2.05) is 0 Å². The van der Waals surface area contributed by atoms with Crippen molar-refractivity contribution in [2.75, 3.05) is 0 Å². The number of aromatic hydroxyl groups is 1. The van der Waals surface area contributed by atoms with E-state index in [1.165, 1.54) is 31.7 Å². The molecule has 0 saturated heterocycles. The topological polar surface area (TPSA) is 49.3 Å². The van der Waals surface area contributed by atoms with E-state index in [1.54, 1.807) is 12.1 Å². The predicted molar refractivity (Wildman–Crippen MR) is 76.5 cm³/mol. The molecule has 2 N–H and O–H groups in total. The van der Waals surface area contributed by atoms with Crippen molar-refractivity contribution in [2.24, 2.45) is 0 Å². The monoisotopic (exact) mass is 281 g/mol. The van der Waals surface area contributed by atoms with Crippen LogP contribution in [0.5, 0.6) is 5.75 Å². The number of carbonyl (C=O) groups is 1. The van der Waals surface area contributed by atoms with E-state index in [0.29, 0.717) is 17.5 Å². The van der Waals surface area contributed by atoms with Crippen LogP contribution in [-0.2, 0) is 11.2 Å². The Balaban J connectivity index is 1.87. The summed E-state index contributed by atoms with van der Waals surface area (Å²) in [5.74, 6) is 0.0863. The predicted octanol–water partition coefficient (Wildman–Crippen LogP) is 3.43. The van der Waals surface area contributed by atoms with Crippen molar-refractivity contribution >= 4 is 17.5 Å². The normalized spacial score (nSPS) is 16.9. The van der Waals surface area contributed by atoms with E-state index in [2.05, 4.69) is 5.32 Å². The summed E-state index contributed by atoms with van der Waals surface area (Å²) in [6, 6.07) is 5.22. The highest BCUT2D eigenvalue weighted by Gasteiger charge is 2.15. The summed E-state index contributed by atoms with van der Waals surface area (Å²) < 4.78 is 0. The highest BCUT2D eigenvalue weighted by atomic mass is 35.5. The molecule has 0 radical (unpaired) electrons. The molecule has 104 valence electrons. The molecular weight excluding hydrogens is 262 g/mol. The molecule has 1 amide bonds. The van der Waals surface area contributed by atoms with E-state index >= 15 is 0 Å². The van der Waals surface area contributed by atoms with Gasteiger partial charge in [-0.2, -0.15) is 0 Å². The average Bonchev–Trinajstić information content (AvgIpc) is 2.62. The number of phenols is 1. The van der Waals surface area contributed by atoms with Crippen molar-refractivity contribution in [3.8, 4) is 5.75 Å². The summed E-state index contributed by atoms with van der Waals surface area (Å²) in [6.07, 6.45) is 7.45. The Bertz CT molecular complexity index is 440. The minimum atomic E-state index is 0.0358. The number of hydrogen-bond donors (Lipinski definition) is 2. The van der Waals surface area contributed by atoms with Crippen LogP contribution in [0.3, 0.4) is 0 Å². The van der Waals surface area contributed by atoms with Crippen molar-refractivity contribution in [1.82, 2.24) is 5.32 Å². The van der Waals surface area contributed by atoms with Crippen molar-refractivity contribution < 1.29 is 9.90 Å². The van der Waals surface area contributed by atoms with Crippen LogP contribution in [-0.4, -0.2) is 17.1 Å². The quantitative estimate of drug-likeness (QED) is 0.834. The van der Waals surface area contributed by atoms with E-state index in [-0.39, 0.29) is 11.7 Å². The van der Waals surface area contributed by atoms with Crippen LogP contribution < -0.4 is 5.32 Å². The van der Waals surface area contributed by atoms with Crippen LogP contribution in [0.2, 0.25) is 5.02 Å². The summed E-state index contributed by atoms with van der Waals surface area (Å²) in [6.45, 7) is 0. The summed E-state index contributed by atoms with van der Waals surface area (Å²) in [7, 11) is 0. The Hall–Kier alpha value is -1.22. The molecule has 0 aliphatic heterocycles. The van der Waals surface area contributed by atoms with Crippen LogP contribution in [0, 0.1) is 0 Å². The molecule has 19 heavy (non-hydrogen) atoms. The Kier molecular flexibility index (Phi) is 5.08. The fourth-order valence-electron chi connectivity index (χ4n) is 2.55. The zero-order valence-electron chi connectivity index (χ0n) is 11.0. The lowest BCUT2D eigenvalue weighted by molar-refractivity contribution is -0.121. The summed E-state index contributed by atoms with van der Waals surface area (Å²) >= 11 is 5.83. The molecule has 1 fully saturated rings. The molecule has 4 heteroatoms. The third-order valence-corrected chi connectivity index (χ3v) is 3.90. The smallest absolute Gasteiger partial charge is 0.224 e. The summed E-state index contributed by atoms with van der Waals surface area (Å²) in [4.78, 5) is 12.0. The number of halogens is 1. The van der Waals surface area contributed by atoms with Crippen molar-refractivity contribution in [3.05, 3.63) is 28.8 Å². The van der Waals surface area contributed by atoms with E-state index in [4.69, 9.17) is 11.6 Å². The minimum Gasteiger partial charge on any atom is -0.506 e. The molecule has 1 saturated carbocycles. The second kappa shape index (κ2) is 6.80. The van der Waals surface area contributed by atoms with Crippen LogP contribution in [0.15, 0.2) is 18.2 Å². The largest absolute Gasteiger partial charge is 0.506 e. The molecule has 0 spiro atoms. The lowest BCUT2D eigenvalue weighted by Crippen LogP contribution is -2.35. The molecule has 2 rings (SSSR count). The average molecular weight is 282 g/mol. The molecule has 1 aliphatic rings. The van der Waals surface area contributed by atoms with Gasteiger partial charge in [-0.3, -0.25) is 4.79 Å². The number of nitrogens with one attached hydrogen (secondary N) is 1. The van der Waals surface area contributed by atoms with Gasteiger partial charge in [0, 0.05) is 6.04 Å². The molecule has 1 aromatic rings. The van der Waals surface area contributed by atoms with Gasteiger partial charge >= 0.3 is 0 Å². The first-order valence-corrected chi connectivity index (χ1v) is 7.29. The lowest BCUT2D eigenvalue weighted by atomic mass is 10.1. The minimum absolute atomic E-state index is 0.0358. The third-order valence-electron chi connectivity index (χ3n) is 3.60. The van der Waals surface area contributed by atoms with Crippen LogP contribution >= 0.6 is 11.6 Å². The molecule has 0 atom stereocenters. The van der Waals surface area contributed by atoms with Gasteiger partial charge in [0.1, 0.15) is 5.75 Å². The first-order chi connectivity index (χ1) is 9.15. The number of amides is 1.